The summed E-state index contributed by atoms with van der Waals surface area (Å²) in [6, 6.07) is 2.61. The molecule has 0 aliphatic carbocycles. The Labute approximate surface area is 87.5 Å². The summed E-state index contributed by atoms with van der Waals surface area (Å²) >= 11 is 6.96. The molecule has 0 saturated heterocycles. The van der Waals surface area contributed by atoms with Gasteiger partial charge in [0.1, 0.15) is 5.82 Å². The predicted octanol–water partition coefficient (Wildman–Crippen LogP) is 3.39. The SMILES string of the molecule is O=C(O)c1cc(Cl)c2scc(F)c2c1. The third kappa shape index (κ3) is 1.36. The van der Waals surface area contributed by atoms with Crippen LogP contribution in [0.25, 0.3) is 10.1 Å². The monoisotopic (exact) mass is 230 g/mol. The van der Waals surface area contributed by atoms with Crippen molar-refractivity contribution in [2.45, 2.75) is 0 Å². The van der Waals surface area contributed by atoms with Crippen LogP contribution in [0.1, 0.15) is 10.4 Å². The fourth-order valence-corrected chi connectivity index (χ4v) is 2.34. The van der Waals surface area contributed by atoms with E-state index in [1.807, 2.05) is 0 Å². The highest BCUT2D eigenvalue weighted by Crippen LogP contribution is 2.32. The van der Waals surface area contributed by atoms with Gasteiger partial charge in [-0.15, -0.1) is 11.3 Å². The molecule has 0 saturated carbocycles. The quantitative estimate of drug-likeness (QED) is 0.815. The second kappa shape index (κ2) is 3.22. The molecule has 0 amide bonds. The summed E-state index contributed by atoms with van der Waals surface area (Å²) in [6.45, 7) is 0. The van der Waals surface area contributed by atoms with Crippen molar-refractivity contribution in [2.24, 2.45) is 0 Å². The molecule has 0 fully saturated rings. The third-order valence-corrected chi connectivity index (χ3v) is 3.24. The number of fused-ring (bicyclic) bond motifs is 1. The second-order valence-corrected chi connectivity index (χ2v) is 4.01. The molecule has 0 unspecified atom stereocenters. The van der Waals surface area contributed by atoms with Crippen molar-refractivity contribution in [3.63, 3.8) is 0 Å². The van der Waals surface area contributed by atoms with Gasteiger partial charge in [0, 0.05) is 10.8 Å². The van der Waals surface area contributed by atoms with Crippen LogP contribution in [-0.4, -0.2) is 11.1 Å². The highest BCUT2D eigenvalue weighted by atomic mass is 35.5. The highest BCUT2D eigenvalue weighted by Gasteiger charge is 2.12. The lowest BCUT2D eigenvalue weighted by atomic mass is 10.1. The van der Waals surface area contributed by atoms with Crippen LogP contribution in [0.15, 0.2) is 17.5 Å². The van der Waals surface area contributed by atoms with Gasteiger partial charge in [0.25, 0.3) is 0 Å². The summed E-state index contributed by atoms with van der Waals surface area (Å²) in [5.41, 5.74) is -0.000185. The normalized spacial score (nSPS) is 10.7. The number of carbonyl (C=O) groups is 1. The fourth-order valence-electron chi connectivity index (χ4n) is 1.19. The molecule has 0 atom stereocenters. The lowest BCUT2D eigenvalue weighted by Gasteiger charge is -1.97. The van der Waals surface area contributed by atoms with Gasteiger partial charge in [0.05, 0.1) is 15.3 Å². The van der Waals surface area contributed by atoms with Gasteiger partial charge in [-0.05, 0) is 12.1 Å². The van der Waals surface area contributed by atoms with Gasteiger partial charge >= 0.3 is 5.97 Å². The minimum atomic E-state index is -1.11. The van der Waals surface area contributed by atoms with Crippen LogP contribution in [0.3, 0.4) is 0 Å². The number of thiophene rings is 1. The number of halogens is 2. The van der Waals surface area contributed by atoms with E-state index in [9.17, 15) is 9.18 Å². The highest BCUT2D eigenvalue weighted by molar-refractivity contribution is 7.17. The number of rotatable bonds is 1. The molecule has 2 rings (SSSR count). The Hall–Kier alpha value is -1.13. The first-order valence-corrected chi connectivity index (χ1v) is 4.95. The number of aromatic carboxylic acids is 1. The number of carboxylic acid groups (broad SMARTS) is 1. The maximum atomic E-state index is 13.1. The van der Waals surface area contributed by atoms with Gasteiger partial charge in [0.15, 0.2) is 0 Å². The van der Waals surface area contributed by atoms with E-state index in [1.165, 1.54) is 17.5 Å². The van der Waals surface area contributed by atoms with Crippen molar-refractivity contribution in [1.82, 2.24) is 0 Å². The molecule has 0 bridgehead atoms. The van der Waals surface area contributed by atoms with E-state index in [0.717, 1.165) is 11.3 Å². The first-order chi connectivity index (χ1) is 6.59. The van der Waals surface area contributed by atoms with Crippen LogP contribution in [-0.2, 0) is 0 Å². The molecule has 1 aromatic heterocycles. The van der Waals surface area contributed by atoms with E-state index < -0.39 is 11.8 Å². The summed E-state index contributed by atoms with van der Waals surface area (Å²) in [5.74, 6) is -1.55. The largest absolute Gasteiger partial charge is 0.478 e. The molecule has 1 N–H and O–H groups in total. The van der Waals surface area contributed by atoms with Crippen LogP contribution < -0.4 is 0 Å². The zero-order chi connectivity index (χ0) is 10.3. The molecule has 0 aliphatic rings. The number of hydrogen-bond donors (Lipinski definition) is 1. The molecular formula is C9H4ClFO2S. The summed E-state index contributed by atoms with van der Waals surface area (Å²) in [7, 11) is 0. The van der Waals surface area contributed by atoms with Crippen LogP contribution in [0.5, 0.6) is 0 Å². The third-order valence-electron chi connectivity index (χ3n) is 1.83. The first kappa shape index (κ1) is 9.43. The van der Waals surface area contributed by atoms with E-state index in [2.05, 4.69) is 0 Å². The van der Waals surface area contributed by atoms with E-state index in [4.69, 9.17) is 16.7 Å². The Bertz CT molecular complexity index is 521. The molecule has 14 heavy (non-hydrogen) atoms. The second-order valence-electron chi connectivity index (χ2n) is 2.72. The van der Waals surface area contributed by atoms with Gasteiger partial charge in [-0.25, -0.2) is 9.18 Å². The molecule has 0 spiro atoms. The smallest absolute Gasteiger partial charge is 0.335 e. The van der Waals surface area contributed by atoms with Crippen molar-refractivity contribution in [2.75, 3.05) is 0 Å². The minimum Gasteiger partial charge on any atom is -0.478 e. The predicted molar refractivity (Wildman–Crippen MR) is 53.8 cm³/mol. The average molecular weight is 231 g/mol. The molecular weight excluding hydrogens is 227 g/mol. The van der Waals surface area contributed by atoms with Crippen LogP contribution in [0.4, 0.5) is 4.39 Å². The van der Waals surface area contributed by atoms with Crippen molar-refractivity contribution >= 4 is 39.0 Å². The maximum absolute atomic E-state index is 13.1. The van der Waals surface area contributed by atoms with Gasteiger partial charge in [-0.3, -0.25) is 0 Å². The Morgan fingerprint density at radius 3 is 2.86 bits per heavy atom. The van der Waals surface area contributed by atoms with Crippen LogP contribution in [0, 0.1) is 5.82 Å². The summed E-state index contributed by atoms with van der Waals surface area (Å²) < 4.78 is 13.7. The van der Waals surface area contributed by atoms with E-state index >= 15 is 0 Å². The van der Waals surface area contributed by atoms with Gasteiger partial charge in [0.2, 0.25) is 0 Å². The van der Waals surface area contributed by atoms with E-state index in [0.29, 0.717) is 4.70 Å². The van der Waals surface area contributed by atoms with Gasteiger partial charge < -0.3 is 5.11 Å². The van der Waals surface area contributed by atoms with Gasteiger partial charge in [-0.2, -0.15) is 0 Å². The van der Waals surface area contributed by atoms with Crippen molar-refractivity contribution < 1.29 is 14.3 Å². The topological polar surface area (TPSA) is 37.3 Å². The molecule has 72 valence electrons. The van der Waals surface area contributed by atoms with Crippen LogP contribution >= 0.6 is 22.9 Å². The standard InChI is InChI=1S/C9H4ClFO2S/c10-6-2-4(9(12)13)1-5-7(11)3-14-8(5)6/h1-3H,(H,12,13). The Kier molecular flexibility index (Phi) is 2.17. The fraction of sp³-hybridized carbons (Fsp3) is 0. The van der Waals surface area contributed by atoms with E-state index in [-0.39, 0.29) is 16.0 Å². The molecule has 2 nitrogen and oxygen atoms in total. The molecule has 1 aromatic carbocycles. The summed E-state index contributed by atoms with van der Waals surface area (Å²) in [5, 5.41) is 10.6. The summed E-state index contributed by atoms with van der Waals surface area (Å²) in [4.78, 5) is 10.7. The Morgan fingerprint density at radius 2 is 2.21 bits per heavy atom. The van der Waals surface area contributed by atoms with Crippen molar-refractivity contribution in [3.05, 3.63) is 33.9 Å². The zero-order valence-corrected chi connectivity index (χ0v) is 8.32. The zero-order valence-electron chi connectivity index (χ0n) is 6.75. The minimum absolute atomic E-state index is 0.000185. The maximum Gasteiger partial charge on any atom is 0.335 e. The van der Waals surface area contributed by atoms with Crippen molar-refractivity contribution in [3.8, 4) is 0 Å². The van der Waals surface area contributed by atoms with Crippen LogP contribution in [0.2, 0.25) is 5.02 Å². The van der Waals surface area contributed by atoms with Gasteiger partial charge in [-0.1, -0.05) is 11.6 Å². The summed E-state index contributed by atoms with van der Waals surface area (Å²) in [6.07, 6.45) is 0. The molecule has 0 aliphatic heterocycles. The molecule has 2 aromatic rings. The Balaban J connectivity index is 2.82. The first-order valence-electron chi connectivity index (χ1n) is 3.69. The number of hydrogen-bond acceptors (Lipinski definition) is 2. The number of benzene rings is 1. The molecule has 0 radical (unpaired) electrons. The Morgan fingerprint density at radius 1 is 1.50 bits per heavy atom. The van der Waals surface area contributed by atoms with E-state index in [1.54, 1.807) is 0 Å². The lowest BCUT2D eigenvalue weighted by molar-refractivity contribution is 0.0697. The van der Waals surface area contributed by atoms with Crippen molar-refractivity contribution in [1.29, 1.82) is 0 Å². The molecule has 5 heteroatoms. The lowest BCUT2D eigenvalue weighted by Crippen LogP contribution is -1.95. The molecule has 1 heterocycles. The average Bonchev–Trinajstić information content (AvgIpc) is 2.48. The number of carboxylic acids is 1.